The van der Waals surface area contributed by atoms with Crippen molar-refractivity contribution in [2.24, 2.45) is 11.1 Å². The highest BCUT2D eigenvalue weighted by Gasteiger charge is 2.22. The Balaban J connectivity index is 2.25. The van der Waals surface area contributed by atoms with Crippen LogP contribution in [0.15, 0.2) is 12.1 Å². The van der Waals surface area contributed by atoms with Crippen molar-refractivity contribution >= 4 is 11.2 Å². The summed E-state index contributed by atoms with van der Waals surface area (Å²) in [7, 11) is 0. The number of aromatic nitrogens is 3. The minimum Gasteiger partial charge on any atom is -0.341 e. The van der Waals surface area contributed by atoms with Gasteiger partial charge in [0, 0.05) is 18.2 Å². The Morgan fingerprint density at radius 2 is 2.00 bits per heavy atom. The van der Waals surface area contributed by atoms with Gasteiger partial charge in [0.1, 0.15) is 5.82 Å². The fraction of sp³-hybridized carbons (Fsp3) is 0.538. The van der Waals surface area contributed by atoms with Crippen LogP contribution in [0.1, 0.15) is 32.3 Å². The van der Waals surface area contributed by atoms with Crippen LogP contribution in [0.5, 0.6) is 0 Å². The van der Waals surface area contributed by atoms with E-state index in [4.69, 9.17) is 5.73 Å². The maximum atomic E-state index is 6.15. The quantitative estimate of drug-likeness (QED) is 0.834. The molecular weight excluding hydrogens is 212 g/mol. The Labute approximate surface area is 102 Å². The van der Waals surface area contributed by atoms with Crippen LogP contribution in [0.3, 0.4) is 0 Å². The summed E-state index contributed by atoms with van der Waals surface area (Å²) in [6, 6.07) is 4.08. The van der Waals surface area contributed by atoms with Crippen molar-refractivity contribution in [3.8, 4) is 0 Å². The molecule has 4 nitrogen and oxygen atoms in total. The molecule has 0 aliphatic carbocycles. The van der Waals surface area contributed by atoms with Crippen molar-refractivity contribution in [1.82, 2.24) is 15.0 Å². The Bertz CT molecular complexity index is 522. The molecule has 0 aliphatic heterocycles. The summed E-state index contributed by atoms with van der Waals surface area (Å²) in [4.78, 5) is 12.1. The van der Waals surface area contributed by atoms with Crippen molar-refractivity contribution in [2.45, 2.75) is 40.2 Å². The second-order valence-corrected chi connectivity index (χ2v) is 5.68. The molecule has 0 amide bonds. The van der Waals surface area contributed by atoms with E-state index in [0.29, 0.717) is 0 Å². The summed E-state index contributed by atoms with van der Waals surface area (Å²) in [5, 5.41) is 0. The van der Waals surface area contributed by atoms with Crippen molar-refractivity contribution in [1.29, 1.82) is 0 Å². The molecule has 2 aromatic rings. The molecule has 92 valence electrons. The molecule has 1 atom stereocenters. The van der Waals surface area contributed by atoms with Crippen LogP contribution >= 0.6 is 0 Å². The molecule has 2 aromatic heterocycles. The van der Waals surface area contributed by atoms with Crippen molar-refractivity contribution < 1.29 is 0 Å². The highest BCUT2D eigenvalue weighted by atomic mass is 15.0. The molecule has 0 bridgehead atoms. The van der Waals surface area contributed by atoms with E-state index in [0.717, 1.165) is 29.1 Å². The normalized spacial score (nSPS) is 14.2. The molecule has 0 aliphatic rings. The number of hydrogen-bond donors (Lipinski definition) is 2. The van der Waals surface area contributed by atoms with Gasteiger partial charge in [-0.05, 0) is 24.5 Å². The highest BCUT2D eigenvalue weighted by molar-refractivity contribution is 5.70. The maximum absolute atomic E-state index is 6.15. The summed E-state index contributed by atoms with van der Waals surface area (Å²) in [6.07, 6.45) is 0.749. The van der Waals surface area contributed by atoms with Crippen LogP contribution in [0, 0.1) is 12.3 Å². The third-order valence-electron chi connectivity index (χ3n) is 3.06. The van der Waals surface area contributed by atoms with Crippen molar-refractivity contribution in [2.75, 3.05) is 0 Å². The van der Waals surface area contributed by atoms with Gasteiger partial charge in [-0.2, -0.15) is 0 Å². The minimum absolute atomic E-state index is 0.0856. The number of aryl methyl sites for hydroxylation is 1. The van der Waals surface area contributed by atoms with Gasteiger partial charge in [-0.15, -0.1) is 0 Å². The number of aromatic amines is 1. The first-order valence-electron chi connectivity index (χ1n) is 5.94. The molecule has 0 aromatic carbocycles. The average molecular weight is 232 g/mol. The lowest BCUT2D eigenvalue weighted by atomic mass is 9.85. The number of rotatable bonds is 2. The molecule has 0 spiro atoms. The van der Waals surface area contributed by atoms with Gasteiger partial charge in [-0.1, -0.05) is 20.8 Å². The van der Waals surface area contributed by atoms with Crippen molar-refractivity contribution in [3.05, 3.63) is 23.7 Å². The SMILES string of the molecule is Cc1ccc2[nH]c(CC(N)C(C)(C)C)nc2n1. The predicted octanol–water partition coefficient (Wildman–Crippen LogP) is 2.18. The van der Waals surface area contributed by atoms with Crippen LogP contribution in [-0.4, -0.2) is 21.0 Å². The first-order valence-corrected chi connectivity index (χ1v) is 5.94. The zero-order valence-corrected chi connectivity index (χ0v) is 10.9. The van der Waals surface area contributed by atoms with Gasteiger partial charge in [-0.3, -0.25) is 0 Å². The number of H-pyrrole nitrogens is 1. The summed E-state index contributed by atoms with van der Waals surface area (Å²) < 4.78 is 0. The van der Waals surface area contributed by atoms with Crippen molar-refractivity contribution in [3.63, 3.8) is 0 Å². The third kappa shape index (κ3) is 2.64. The van der Waals surface area contributed by atoms with E-state index in [1.165, 1.54) is 0 Å². The lowest BCUT2D eigenvalue weighted by Crippen LogP contribution is -2.37. The molecule has 0 fully saturated rings. The predicted molar refractivity (Wildman–Crippen MR) is 69.8 cm³/mol. The van der Waals surface area contributed by atoms with Gasteiger partial charge in [0.05, 0.1) is 5.52 Å². The topological polar surface area (TPSA) is 67.6 Å². The lowest BCUT2D eigenvalue weighted by Gasteiger charge is -2.26. The van der Waals surface area contributed by atoms with Gasteiger partial charge in [0.15, 0.2) is 5.65 Å². The number of imidazole rings is 1. The smallest absolute Gasteiger partial charge is 0.177 e. The third-order valence-corrected chi connectivity index (χ3v) is 3.06. The summed E-state index contributed by atoms with van der Waals surface area (Å²) in [6.45, 7) is 8.39. The number of nitrogens with two attached hydrogens (primary N) is 1. The maximum Gasteiger partial charge on any atom is 0.177 e. The fourth-order valence-corrected chi connectivity index (χ4v) is 1.65. The number of fused-ring (bicyclic) bond motifs is 1. The Hall–Kier alpha value is -1.42. The van der Waals surface area contributed by atoms with Crippen LogP contribution in [-0.2, 0) is 6.42 Å². The Kier molecular flexibility index (Phi) is 2.91. The highest BCUT2D eigenvalue weighted by Crippen LogP contribution is 2.20. The van der Waals surface area contributed by atoms with Gasteiger partial charge in [0.25, 0.3) is 0 Å². The van der Waals surface area contributed by atoms with Crippen LogP contribution < -0.4 is 5.73 Å². The van der Waals surface area contributed by atoms with E-state index >= 15 is 0 Å². The zero-order valence-electron chi connectivity index (χ0n) is 10.9. The standard InChI is InChI=1S/C13H20N4/c1-8-5-6-9-12(15-8)17-11(16-9)7-10(14)13(2,3)4/h5-6,10H,7,14H2,1-4H3,(H,15,16,17). The molecule has 0 saturated carbocycles. The molecule has 0 saturated heterocycles. The largest absolute Gasteiger partial charge is 0.341 e. The van der Waals surface area contributed by atoms with Crippen LogP contribution in [0.25, 0.3) is 11.2 Å². The van der Waals surface area contributed by atoms with Crippen LogP contribution in [0.2, 0.25) is 0 Å². The number of nitrogens with one attached hydrogen (secondary N) is 1. The van der Waals surface area contributed by atoms with E-state index < -0.39 is 0 Å². The first-order chi connectivity index (χ1) is 7.86. The molecule has 3 N–H and O–H groups in total. The summed E-state index contributed by atoms with van der Waals surface area (Å²) in [5.74, 6) is 0.917. The van der Waals surface area contributed by atoms with E-state index in [9.17, 15) is 0 Å². The molecule has 2 rings (SSSR count). The van der Waals surface area contributed by atoms with E-state index in [1.54, 1.807) is 0 Å². The van der Waals surface area contributed by atoms with Crippen LogP contribution in [0.4, 0.5) is 0 Å². The zero-order chi connectivity index (χ0) is 12.6. The molecule has 17 heavy (non-hydrogen) atoms. The van der Waals surface area contributed by atoms with Gasteiger partial charge >= 0.3 is 0 Å². The number of nitrogens with zero attached hydrogens (tertiary/aromatic N) is 2. The molecular formula is C13H20N4. The molecule has 4 heteroatoms. The molecule has 2 heterocycles. The Morgan fingerprint density at radius 1 is 1.29 bits per heavy atom. The fourth-order valence-electron chi connectivity index (χ4n) is 1.65. The molecule has 0 radical (unpaired) electrons. The van der Waals surface area contributed by atoms with E-state index in [2.05, 4.69) is 35.7 Å². The Morgan fingerprint density at radius 3 is 2.65 bits per heavy atom. The number of pyridine rings is 1. The first kappa shape index (κ1) is 12.0. The minimum atomic E-state index is 0.0856. The van der Waals surface area contributed by atoms with Gasteiger partial charge < -0.3 is 10.7 Å². The molecule has 1 unspecified atom stereocenters. The summed E-state index contributed by atoms with van der Waals surface area (Å²) >= 11 is 0. The average Bonchev–Trinajstić information content (AvgIpc) is 2.57. The second kappa shape index (κ2) is 4.11. The monoisotopic (exact) mass is 232 g/mol. The van der Waals surface area contributed by atoms with Gasteiger partial charge in [0.2, 0.25) is 0 Å². The lowest BCUT2D eigenvalue weighted by molar-refractivity contribution is 0.315. The summed E-state index contributed by atoms with van der Waals surface area (Å²) in [5.41, 5.74) is 8.98. The second-order valence-electron chi connectivity index (χ2n) is 5.68. The van der Waals surface area contributed by atoms with E-state index in [-0.39, 0.29) is 11.5 Å². The number of hydrogen-bond acceptors (Lipinski definition) is 3. The van der Waals surface area contributed by atoms with E-state index in [1.807, 2.05) is 19.1 Å². The van der Waals surface area contributed by atoms with Gasteiger partial charge in [-0.25, -0.2) is 9.97 Å².